The van der Waals surface area contributed by atoms with Crippen LogP contribution >= 0.6 is 0 Å². The summed E-state index contributed by atoms with van der Waals surface area (Å²) in [7, 11) is 0. The van der Waals surface area contributed by atoms with Gasteiger partial charge in [-0.15, -0.1) is 0 Å². The van der Waals surface area contributed by atoms with E-state index in [2.05, 4.69) is 6.92 Å². The van der Waals surface area contributed by atoms with Gasteiger partial charge in [0, 0.05) is 10.8 Å². The Morgan fingerprint density at radius 1 is 1.00 bits per heavy atom. The zero-order valence-electron chi connectivity index (χ0n) is 12.5. The predicted molar refractivity (Wildman–Crippen MR) is 84.6 cm³/mol. The van der Waals surface area contributed by atoms with E-state index in [1.165, 1.54) is 25.7 Å². The van der Waals surface area contributed by atoms with Gasteiger partial charge >= 0.3 is 0 Å². The summed E-state index contributed by atoms with van der Waals surface area (Å²) in [6.45, 7) is 4.88. The summed E-state index contributed by atoms with van der Waals surface area (Å²) in [6, 6.07) is 9.79. The summed E-state index contributed by atoms with van der Waals surface area (Å²) in [5, 5.41) is 12.0. The quantitative estimate of drug-likeness (QED) is 0.702. The van der Waals surface area contributed by atoms with Gasteiger partial charge in [-0.05, 0) is 25.0 Å². The van der Waals surface area contributed by atoms with Crippen molar-refractivity contribution in [2.75, 3.05) is 6.61 Å². The molecule has 2 aromatic carbocycles. The summed E-state index contributed by atoms with van der Waals surface area (Å²) >= 11 is 0. The lowest BCUT2D eigenvalue weighted by atomic mass is 10.0. The fourth-order valence-corrected chi connectivity index (χ4v) is 2.47. The Kier molecular flexibility index (Phi) is 5.28. The van der Waals surface area contributed by atoms with Gasteiger partial charge < -0.3 is 9.84 Å². The Balaban J connectivity index is 2.05. The van der Waals surface area contributed by atoms with E-state index in [9.17, 15) is 5.11 Å². The largest absolute Gasteiger partial charge is 0.507 e. The minimum Gasteiger partial charge on any atom is -0.507 e. The van der Waals surface area contributed by atoms with Crippen LogP contribution in [0, 0.1) is 6.92 Å². The molecule has 0 aromatic heterocycles. The lowest BCUT2D eigenvalue weighted by molar-refractivity contribution is 0.307. The fourth-order valence-electron chi connectivity index (χ4n) is 2.47. The molecule has 0 fully saturated rings. The second-order valence-electron chi connectivity index (χ2n) is 5.35. The Labute approximate surface area is 121 Å². The van der Waals surface area contributed by atoms with Crippen molar-refractivity contribution in [3.63, 3.8) is 0 Å². The third-order valence-corrected chi connectivity index (χ3v) is 3.67. The molecule has 2 aromatic rings. The van der Waals surface area contributed by atoms with Gasteiger partial charge in [-0.25, -0.2) is 0 Å². The van der Waals surface area contributed by atoms with Crippen molar-refractivity contribution < 1.29 is 9.84 Å². The van der Waals surface area contributed by atoms with Crippen molar-refractivity contribution in [2.45, 2.75) is 46.0 Å². The van der Waals surface area contributed by atoms with Crippen LogP contribution in [0.25, 0.3) is 10.8 Å². The smallest absolute Gasteiger partial charge is 0.127 e. The molecule has 0 spiro atoms. The molecule has 0 atom stereocenters. The highest BCUT2D eigenvalue weighted by Crippen LogP contribution is 2.35. The molecule has 2 rings (SSSR count). The first-order valence-electron chi connectivity index (χ1n) is 7.58. The number of aromatic hydroxyl groups is 1. The van der Waals surface area contributed by atoms with Crippen LogP contribution in [0.15, 0.2) is 30.3 Å². The van der Waals surface area contributed by atoms with E-state index in [1.54, 1.807) is 0 Å². The summed E-state index contributed by atoms with van der Waals surface area (Å²) in [6.07, 6.45) is 6.18. The van der Waals surface area contributed by atoms with Crippen LogP contribution in [0.4, 0.5) is 0 Å². The van der Waals surface area contributed by atoms with E-state index < -0.39 is 0 Å². The van der Waals surface area contributed by atoms with Crippen LogP contribution in [-0.4, -0.2) is 11.7 Å². The molecule has 1 N–H and O–H groups in total. The molecule has 0 heterocycles. The molecule has 0 aliphatic carbocycles. The molecule has 0 aliphatic heterocycles. The SMILES string of the molecule is CCCCCCCOc1cc(C)c(O)c2ccccc12. The maximum absolute atomic E-state index is 10.1. The lowest BCUT2D eigenvalue weighted by Gasteiger charge is -2.12. The van der Waals surface area contributed by atoms with Gasteiger partial charge in [0.2, 0.25) is 0 Å². The van der Waals surface area contributed by atoms with Crippen molar-refractivity contribution >= 4 is 10.8 Å². The topological polar surface area (TPSA) is 29.5 Å². The predicted octanol–water partition coefficient (Wildman–Crippen LogP) is 5.20. The van der Waals surface area contributed by atoms with E-state index in [-0.39, 0.29) is 0 Å². The van der Waals surface area contributed by atoms with Gasteiger partial charge in [0.1, 0.15) is 11.5 Å². The zero-order chi connectivity index (χ0) is 14.4. The molecule has 0 saturated carbocycles. The third kappa shape index (κ3) is 3.44. The maximum Gasteiger partial charge on any atom is 0.127 e. The van der Waals surface area contributed by atoms with Gasteiger partial charge in [-0.1, -0.05) is 56.9 Å². The van der Waals surface area contributed by atoms with Crippen LogP contribution in [0.5, 0.6) is 11.5 Å². The number of rotatable bonds is 7. The van der Waals surface area contributed by atoms with Crippen LogP contribution in [0.1, 0.15) is 44.6 Å². The van der Waals surface area contributed by atoms with E-state index in [1.807, 2.05) is 37.3 Å². The minimum absolute atomic E-state index is 0.357. The molecule has 20 heavy (non-hydrogen) atoms. The minimum atomic E-state index is 0.357. The lowest BCUT2D eigenvalue weighted by Crippen LogP contribution is -1.98. The van der Waals surface area contributed by atoms with E-state index in [0.717, 1.165) is 35.1 Å². The Morgan fingerprint density at radius 2 is 1.70 bits per heavy atom. The third-order valence-electron chi connectivity index (χ3n) is 3.67. The van der Waals surface area contributed by atoms with E-state index in [0.29, 0.717) is 5.75 Å². The monoisotopic (exact) mass is 272 g/mol. The highest BCUT2D eigenvalue weighted by atomic mass is 16.5. The highest BCUT2D eigenvalue weighted by molar-refractivity contribution is 5.94. The summed E-state index contributed by atoms with van der Waals surface area (Å²) in [5.41, 5.74) is 0.865. The van der Waals surface area contributed by atoms with Crippen LogP contribution in [0.3, 0.4) is 0 Å². The molecule has 0 saturated heterocycles. The van der Waals surface area contributed by atoms with Gasteiger partial charge in [0.05, 0.1) is 6.61 Å². The molecule has 0 unspecified atom stereocenters. The Bertz CT molecular complexity index is 561. The molecule has 0 radical (unpaired) electrons. The number of hydrogen-bond acceptors (Lipinski definition) is 2. The van der Waals surface area contributed by atoms with Gasteiger partial charge in [-0.2, -0.15) is 0 Å². The number of phenolic OH excluding ortho intramolecular Hbond substituents is 1. The second kappa shape index (κ2) is 7.18. The Hall–Kier alpha value is -1.70. The Morgan fingerprint density at radius 3 is 2.45 bits per heavy atom. The first kappa shape index (κ1) is 14.7. The van der Waals surface area contributed by atoms with E-state index >= 15 is 0 Å². The molecular formula is C18H24O2. The number of benzene rings is 2. The van der Waals surface area contributed by atoms with Crippen molar-refractivity contribution in [2.24, 2.45) is 0 Å². The average Bonchev–Trinajstić information content (AvgIpc) is 2.47. The molecule has 0 aliphatic rings. The van der Waals surface area contributed by atoms with Crippen molar-refractivity contribution in [1.29, 1.82) is 0 Å². The maximum atomic E-state index is 10.1. The normalized spacial score (nSPS) is 10.9. The number of ether oxygens (including phenoxy) is 1. The molecule has 108 valence electrons. The first-order valence-corrected chi connectivity index (χ1v) is 7.58. The number of hydrogen-bond donors (Lipinski definition) is 1. The van der Waals surface area contributed by atoms with Gasteiger partial charge in [0.25, 0.3) is 0 Å². The molecule has 2 heteroatoms. The number of fused-ring (bicyclic) bond motifs is 1. The van der Waals surface area contributed by atoms with Crippen LogP contribution in [0.2, 0.25) is 0 Å². The molecule has 0 amide bonds. The van der Waals surface area contributed by atoms with Crippen molar-refractivity contribution in [1.82, 2.24) is 0 Å². The highest BCUT2D eigenvalue weighted by Gasteiger charge is 2.09. The van der Waals surface area contributed by atoms with Crippen LogP contribution < -0.4 is 4.74 Å². The molecule has 0 bridgehead atoms. The number of unbranched alkanes of at least 4 members (excludes halogenated alkanes) is 4. The van der Waals surface area contributed by atoms with Gasteiger partial charge in [0.15, 0.2) is 0 Å². The molecule has 2 nitrogen and oxygen atoms in total. The number of aryl methyl sites for hydroxylation is 1. The number of phenols is 1. The summed E-state index contributed by atoms with van der Waals surface area (Å²) in [5.74, 6) is 1.24. The zero-order valence-corrected chi connectivity index (χ0v) is 12.5. The first-order chi connectivity index (χ1) is 9.74. The second-order valence-corrected chi connectivity index (χ2v) is 5.35. The average molecular weight is 272 g/mol. The van der Waals surface area contributed by atoms with Crippen molar-refractivity contribution in [3.05, 3.63) is 35.9 Å². The van der Waals surface area contributed by atoms with Crippen LogP contribution in [-0.2, 0) is 0 Å². The fraction of sp³-hybridized carbons (Fsp3) is 0.444. The summed E-state index contributed by atoms with van der Waals surface area (Å²) < 4.78 is 5.92. The van der Waals surface area contributed by atoms with Gasteiger partial charge in [-0.3, -0.25) is 0 Å². The van der Waals surface area contributed by atoms with Crippen molar-refractivity contribution in [3.8, 4) is 11.5 Å². The standard InChI is InChI=1S/C18H24O2/c1-3-4-5-6-9-12-20-17-13-14(2)18(19)16-11-8-7-10-15(16)17/h7-8,10-11,13,19H,3-6,9,12H2,1-2H3. The van der Waals surface area contributed by atoms with E-state index in [4.69, 9.17) is 4.74 Å². The molecular weight excluding hydrogens is 248 g/mol. The summed E-state index contributed by atoms with van der Waals surface area (Å²) in [4.78, 5) is 0.